The van der Waals surface area contributed by atoms with Crippen molar-refractivity contribution in [1.29, 1.82) is 0 Å². The van der Waals surface area contributed by atoms with Crippen molar-refractivity contribution < 1.29 is 0 Å². The Bertz CT molecular complexity index is 335. The van der Waals surface area contributed by atoms with Crippen LogP contribution in [0.2, 0.25) is 5.15 Å². The molecule has 1 aromatic heterocycles. The van der Waals surface area contributed by atoms with Crippen LogP contribution in [0.4, 0.5) is 0 Å². The molecule has 0 aliphatic heterocycles. The van der Waals surface area contributed by atoms with Crippen molar-refractivity contribution in [2.24, 2.45) is 0 Å². The predicted octanol–water partition coefficient (Wildman–Crippen LogP) is 2.48. The predicted molar refractivity (Wildman–Crippen MR) is 57.6 cm³/mol. The fourth-order valence-corrected chi connectivity index (χ4v) is 1.42. The fourth-order valence-electron chi connectivity index (χ4n) is 1.28. The summed E-state index contributed by atoms with van der Waals surface area (Å²) in [6, 6.07) is 1.35. The van der Waals surface area contributed by atoms with E-state index in [1.165, 1.54) is 25.2 Å². The minimum atomic E-state index is -0.0681. The molecule has 1 heterocycles. The van der Waals surface area contributed by atoms with Gasteiger partial charge in [-0.1, -0.05) is 37.8 Å². The van der Waals surface area contributed by atoms with Gasteiger partial charge < -0.3 is 0 Å². The maximum absolute atomic E-state index is 11.3. The number of hydrogen-bond donors (Lipinski definition) is 0. The molecule has 0 atom stereocenters. The van der Waals surface area contributed by atoms with Crippen LogP contribution in [0.15, 0.2) is 17.2 Å². The van der Waals surface area contributed by atoms with E-state index in [1.54, 1.807) is 4.57 Å². The molecule has 0 saturated heterocycles. The van der Waals surface area contributed by atoms with Crippen LogP contribution in [0.25, 0.3) is 0 Å². The van der Waals surface area contributed by atoms with Gasteiger partial charge in [-0.25, -0.2) is 4.98 Å². The molecule has 4 heteroatoms. The summed E-state index contributed by atoms with van der Waals surface area (Å²) in [4.78, 5) is 15.2. The first-order valence-corrected chi connectivity index (χ1v) is 5.34. The maximum atomic E-state index is 11.3. The van der Waals surface area contributed by atoms with Crippen molar-refractivity contribution in [3.05, 3.63) is 27.9 Å². The van der Waals surface area contributed by atoms with Crippen LogP contribution in [-0.2, 0) is 6.54 Å². The Morgan fingerprint density at radius 2 is 2.21 bits per heavy atom. The van der Waals surface area contributed by atoms with Gasteiger partial charge in [0.15, 0.2) is 0 Å². The summed E-state index contributed by atoms with van der Waals surface area (Å²) in [5, 5.41) is 0.264. The minimum absolute atomic E-state index is 0.0681. The third-order valence-corrected chi connectivity index (χ3v) is 2.31. The Morgan fingerprint density at radius 3 is 2.86 bits per heavy atom. The molecule has 14 heavy (non-hydrogen) atoms. The summed E-state index contributed by atoms with van der Waals surface area (Å²) in [5.41, 5.74) is -0.0681. The smallest absolute Gasteiger partial charge is 0.254 e. The van der Waals surface area contributed by atoms with Gasteiger partial charge in [-0.3, -0.25) is 9.36 Å². The highest BCUT2D eigenvalue weighted by Gasteiger charge is 1.97. The van der Waals surface area contributed by atoms with Crippen LogP contribution >= 0.6 is 11.6 Å². The van der Waals surface area contributed by atoms with Gasteiger partial charge in [0.2, 0.25) is 0 Å². The maximum Gasteiger partial charge on any atom is 0.254 e. The summed E-state index contributed by atoms with van der Waals surface area (Å²) in [6.07, 6.45) is 6.11. The van der Waals surface area contributed by atoms with E-state index in [9.17, 15) is 4.79 Å². The van der Waals surface area contributed by atoms with E-state index in [2.05, 4.69) is 11.9 Å². The Kier molecular flexibility index (Phi) is 4.66. The van der Waals surface area contributed by atoms with Crippen LogP contribution in [0.5, 0.6) is 0 Å². The second kappa shape index (κ2) is 5.81. The lowest BCUT2D eigenvalue weighted by Gasteiger charge is -2.03. The van der Waals surface area contributed by atoms with Gasteiger partial charge in [-0.15, -0.1) is 0 Å². The number of aryl methyl sites for hydroxylation is 1. The Morgan fingerprint density at radius 1 is 1.43 bits per heavy atom. The Balaban J connectivity index is 2.47. The molecule has 0 unspecified atom stereocenters. The molecule has 0 aliphatic rings. The lowest BCUT2D eigenvalue weighted by molar-refractivity contribution is 0.564. The highest BCUT2D eigenvalue weighted by Crippen LogP contribution is 2.01. The fraction of sp³-hybridized carbons (Fsp3) is 0.600. The van der Waals surface area contributed by atoms with E-state index < -0.39 is 0 Å². The molecular formula is C10H15ClN2O. The molecule has 0 spiro atoms. The SMILES string of the molecule is CCCCCCn1cnc(Cl)cc1=O. The van der Waals surface area contributed by atoms with Crippen molar-refractivity contribution in [3.8, 4) is 0 Å². The summed E-state index contributed by atoms with van der Waals surface area (Å²) < 4.78 is 1.60. The van der Waals surface area contributed by atoms with Gasteiger partial charge in [0.1, 0.15) is 5.15 Å². The molecule has 0 amide bonds. The zero-order chi connectivity index (χ0) is 10.4. The molecule has 0 aliphatic carbocycles. The molecule has 0 saturated carbocycles. The first-order valence-electron chi connectivity index (χ1n) is 4.96. The van der Waals surface area contributed by atoms with Crippen molar-refractivity contribution in [2.75, 3.05) is 0 Å². The van der Waals surface area contributed by atoms with Gasteiger partial charge in [0, 0.05) is 12.6 Å². The number of aromatic nitrogens is 2. The number of hydrogen-bond acceptors (Lipinski definition) is 2. The van der Waals surface area contributed by atoms with Crippen molar-refractivity contribution in [3.63, 3.8) is 0 Å². The van der Waals surface area contributed by atoms with Crippen LogP contribution in [0.1, 0.15) is 32.6 Å². The van der Waals surface area contributed by atoms with E-state index in [1.807, 2.05) is 0 Å². The standard InChI is InChI=1S/C10H15ClN2O/c1-2-3-4-5-6-13-8-12-9(11)7-10(13)14/h7-8H,2-6H2,1H3. The van der Waals surface area contributed by atoms with Gasteiger partial charge in [0.25, 0.3) is 5.56 Å². The molecule has 0 aromatic carbocycles. The summed E-state index contributed by atoms with van der Waals surface area (Å²) in [6.45, 7) is 2.90. The van der Waals surface area contributed by atoms with Crippen LogP contribution in [0.3, 0.4) is 0 Å². The zero-order valence-corrected chi connectivity index (χ0v) is 9.13. The molecule has 0 fully saturated rings. The van der Waals surface area contributed by atoms with Crippen LogP contribution in [-0.4, -0.2) is 9.55 Å². The molecule has 0 N–H and O–H groups in total. The summed E-state index contributed by atoms with van der Waals surface area (Å²) in [5.74, 6) is 0. The normalized spacial score (nSPS) is 10.4. The first kappa shape index (κ1) is 11.2. The largest absolute Gasteiger partial charge is 0.299 e. The summed E-state index contributed by atoms with van der Waals surface area (Å²) >= 11 is 5.58. The van der Waals surface area contributed by atoms with E-state index in [-0.39, 0.29) is 10.7 Å². The van der Waals surface area contributed by atoms with E-state index in [4.69, 9.17) is 11.6 Å². The lowest BCUT2D eigenvalue weighted by atomic mass is 10.2. The third-order valence-electron chi connectivity index (χ3n) is 2.10. The van der Waals surface area contributed by atoms with Crippen molar-refractivity contribution in [1.82, 2.24) is 9.55 Å². The molecule has 3 nitrogen and oxygen atoms in total. The highest BCUT2D eigenvalue weighted by atomic mass is 35.5. The molecule has 0 radical (unpaired) electrons. The molecule has 0 bridgehead atoms. The topological polar surface area (TPSA) is 34.9 Å². The number of halogens is 1. The zero-order valence-electron chi connectivity index (χ0n) is 8.37. The molecule has 78 valence electrons. The van der Waals surface area contributed by atoms with Crippen LogP contribution < -0.4 is 5.56 Å². The van der Waals surface area contributed by atoms with E-state index >= 15 is 0 Å². The Hall–Kier alpha value is -0.830. The summed E-state index contributed by atoms with van der Waals surface area (Å²) in [7, 11) is 0. The minimum Gasteiger partial charge on any atom is -0.299 e. The van der Waals surface area contributed by atoms with Gasteiger partial charge in [-0.05, 0) is 6.42 Å². The van der Waals surface area contributed by atoms with E-state index in [0.717, 1.165) is 19.4 Å². The van der Waals surface area contributed by atoms with Crippen molar-refractivity contribution >= 4 is 11.6 Å². The monoisotopic (exact) mass is 214 g/mol. The number of rotatable bonds is 5. The molecule has 1 rings (SSSR count). The third kappa shape index (κ3) is 3.50. The average molecular weight is 215 g/mol. The quantitative estimate of drug-likeness (QED) is 0.558. The molecule has 1 aromatic rings. The van der Waals surface area contributed by atoms with E-state index in [0.29, 0.717) is 0 Å². The molecular weight excluding hydrogens is 200 g/mol. The van der Waals surface area contributed by atoms with Crippen molar-refractivity contribution in [2.45, 2.75) is 39.2 Å². The second-order valence-electron chi connectivity index (χ2n) is 3.30. The van der Waals surface area contributed by atoms with Gasteiger partial charge >= 0.3 is 0 Å². The average Bonchev–Trinajstić information content (AvgIpc) is 2.15. The second-order valence-corrected chi connectivity index (χ2v) is 3.69. The highest BCUT2D eigenvalue weighted by molar-refractivity contribution is 6.29. The number of nitrogens with zero attached hydrogens (tertiary/aromatic N) is 2. The number of unbranched alkanes of at least 4 members (excludes halogenated alkanes) is 3. The van der Waals surface area contributed by atoms with Crippen LogP contribution in [0, 0.1) is 0 Å². The van der Waals surface area contributed by atoms with Gasteiger partial charge in [-0.2, -0.15) is 0 Å². The van der Waals surface area contributed by atoms with Gasteiger partial charge in [0.05, 0.1) is 6.33 Å². The lowest BCUT2D eigenvalue weighted by Crippen LogP contribution is -2.19. The Labute approximate surface area is 88.7 Å². The first-order chi connectivity index (χ1) is 6.74.